The van der Waals surface area contributed by atoms with Crippen molar-refractivity contribution in [2.24, 2.45) is 0 Å². The van der Waals surface area contributed by atoms with Crippen LogP contribution in [0.2, 0.25) is 0 Å². The van der Waals surface area contributed by atoms with E-state index in [-0.39, 0.29) is 5.25 Å². The highest BCUT2D eigenvalue weighted by Crippen LogP contribution is 2.36. The van der Waals surface area contributed by atoms with E-state index >= 15 is 0 Å². The molecule has 0 aliphatic heterocycles. The first-order chi connectivity index (χ1) is 12.2. The number of benzene rings is 2. The van der Waals surface area contributed by atoms with Crippen molar-refractivity contribution in [1.82, 2.24) is 25.0 Å². The van der Waals surface area contributed by atoms with Crippen LogP contribution in [-0.2, 0) is 0 Å². The fraction of sp³-hybridized carbons (Fsp3) is 0.158. The van der Waals surface area contributed by atoms with Gasteiger partial charge in [-0.05, 0) is 31.5 Å². The van der Waals surface area contributed by atoms with Crippen molar-refractivity contribution in [3.63, 3.8) is 0 Å². The average Bonchev–Trinajstić information content (AvgIpc) is 3.08. The van der Waals surface area contributed by atoms with Crippen LogP contribution in [0.3, 0.4) is 0 Å². The van der Waals surface area contributed by atoms with E-state index in [2.05, 4.69) is 70.5 Å². The number of aryl methyl sites for hydroxylation is 1. The van der Waals surface area contributed by atoms with E-state index in [0.717, 1.165) is 21.9 Å². The van der Waals surface area contributed by atoms with Gasteiger partial charge in [0.2, 0.25) is 0 Å². The van der Waals surface area contributed by atoms with Gasteiger partial charge in [0.15, 0.2) is 11.2 Å². The van der Waals surface area contributed by atoms with E-state index in [1.165, 1.54) is 11.1 Å². The first-order valence-corrected chi connectivity index (χ1v) is 8.95. The number of rotatable bonds is 4. The van der Waals surface area contributed by atoms with E-state index in [1.54, 1.807) is 22.8 Å². The van der Waals surface area contributed by atoms with Crippen molar-refractivity contribution in [3.05, 3.63) is 72.1 Å². The van der Waals surface area contributed by atoms with Crippen LogP contribution in [0.1, 0.15) is 23.3 Å². The van der Waals surface area contributed by atoms with Crippen LogP contribution < -0.4 is 0 Å². The molecule has 0 spiro atoms. The van der Waals surface area contributed by atoms with Crippen LogP contribution in [0, 0.1) is 6.92 Å². The minimum Gasteiger partial charge on any atom is -0.227 e. The summed E-state index contributed by atoms with van der Waals surface area (Å²) in [6.07, 6.45) is 1.58. The summed E-state index contributed by atoms with van der Waals surface area (Å²) in [5, 5.41) is 9.73. The molecule has 124 valence electrons. The normalized spacial score (nSPS) is 12.4. The quantitative estimate of drug-likeness (QED) is 0.405. The van der Waals surface area contributed by atoms with Gasteiger partial charge in [0.25, 0.3) is 0 Å². The maximum atomic E-state index is 4.43. The number of thioether (sulfide) groups is 1. The zero-order valence-corrected chi connectivity index (χ0v) is 14.8. The second-order valence-electron chi connectivity index (χ2n) is 5.86. The Morgan fingerprint density at radius 1 is 0.960 bits per heavy atom. The Balaban J connectivity index is 1.71. The molecule has 0 saturated carbocycles. The number of aromatic nitrogens is 5. The van der Waals surface area contributed by atoms with Gasteiger partial charge in [-0.2, -0.15) is 4.68 Å². The molecule has 0 N–H and O–H groups in total. The van der Waals surface area contributed by atoms with Crippen LogP contribution in [0.5, 0.6) is 0 Å². The van der Waals surface area contributed by atoms with Gasteiger partial charge >= 0.3 is 0 Å². The Morgan fingerprint density at radius 2 is 1.72 bits per heavy atom. The third-order valence-corrected chi connectivity index (χ3v) is 5.19. The topological polar surface area (TPSA) is 56.5 Å². The molecule has 5 nitrogen and oxygen atoms in total. The molecule has 0 radical (unpaired) electrons. The molecule has 0 aliphatic carbocycles. The molecule has 4 aromatic rings. The summed E-state index contributed by atoms with van der Waals surface area (Å²) >= 11 is 1.67. The second-order valence-corrected chi connectivity index (χ2v) is 7.19. The molecule has 0 bridgehead atoms. The lowest BCUT2D eigenvalue weighted by atomic mass is 10.2. The largest absolute Gasteiger partial charge is 0.227 e. The maximum Gasteiger partial charge on any atom is 0.187 e. The maximum absolute atomic E-state index is 4.43. The molecule has 2 aromatic carbocycles. The minimum absolute atomic E-state index is 0.267. The van der Waals surface area contributed by atoms with Crippen LogP contribution in [0.15, 0.2) is 66.0 Å². The van der Waals surface area contributed by atoms with Crippen molar-refractivity contribution in [2.45, 2.75) is 24.1 Å². The highest BCUT2D eigenvalue weighted by Gasteiger charge is 2.16. The summed E-state index contributed by atoms with van der Waals surface area (Å²) in [4.78, 5) is 8.82. The third kappa shape index (κ3) is 3.13. The summed E-state index contributed by atoms with van der Waals surface area (Å²) in [7, 11) is 0. The lowest BCUT2D eigenvalue weighted by molar-refractivity contribution is 0.816. The average molecular weight is 347 g/mol. The van der Waals surface area contributed by atoms with Gasteiger partial charge in [-0.25, -0.2) is 9.97 Å². The zero-order valence-electron chi connectivity index (χ0n) is 14.0. The summed E-state index contributed by atoms with van der Waals surface area (Å²) in [6, 6.07) is 18.5. The molecule has 0 saturated heterocycles. The highest BCUT2D eigenvalue weighted by atomic mass is 32.2. The lowest BCUT2D eigenvalue weighted by Gasteiger charge is -2.10. The Hall–Kier alpha value is -2.73. The van der Waals surface area contributed by atoms with Gasteiger partial charge in [0.1, 0.15) is 11.4 Å². The van der Waals surface area contributed by atoms with Crippen LogP contribution in [-0.4, -0.2) is 25.0 Å². The van der Waals surface area contributed by atoms with Gasteiger partial charge in [-0.1, -0.05) is 65.0 Å². The van der Waals surface area contributed by atoms with Gasteiger partial charge in [0.05, 0.1) is 5.69 Å². The van der Waals surface area contributed by atoms with Crippen LogP contribution >= 0.6 is 11.8 Å². The first-order valence-electron chi connectivity index (χ1n) is 8.07. The summed E-state index contributed by atoms with van der Waals surface area (Å²) in [6.45, 7) is 4.23. The molecule has 1 atom stereocenters. The predicted octanol–water partition coefficient (Wildman–Crippen LogP) is 4.37. The van der Waals surface area contributed by atoms with Gasteiger partial charge in [-0.3, -0.25) is 0 Å². The van der Waals surface area contributed by atoms with E-state index in [9.17, 15) is 0 Å². The number of hydrogen-bond acceptors (Lipinski definition) is 5. The number of hydrogen-bond donors (Lipinski definition) is 0. The smallest absolute Gasteiger partial charge is 0.187 e. The monoisotopic (exact) mass is 347 g/mol. The molecule has 6 heteroatoms. The van der Waals surface area contributed by atoms with Crippen molar-refractivity contribution in [2.75, 3.05) is 0 Å². The van der Waals surface area contributed by atoms with Gasteiger partial charge in [0, 0.05) is 5.25 Å². The molecule has 0 unspecified atom stereocenters. The Labute approximate surface area is 150 Å². The number of fused-ring (bicyclic) bond motifs is 1. The van der Waals surface area contributed by atoms with Crippen LogP contribution in [0.25, 0.3) is 16.9 Å². The number of nitrogens with zero attached hydrogens (tertiary/aromatic N) is 5. The molecule has 2 aromatic heterocycles. The van der Waals surface area contributed by atoms with Crippen LogP contribution in [0.4, 0.5) is 0 Å². The third-order valence-electron chi connectivity index (χ3n) is 4.04. The zero-order chi connectivity index (χ0) is 17.2. The molecule has 0 amide bonds. The van der Waals surface area contributed by atoms with E-state index in [0.29, 0.717) is 0 Å². The molecular weight excluding hydrogens is 330 g/mol. The van der Waals surface area contributed by atoms with Gasteiger partial charge < -0.3 is 0 Å². The molecule has 0 aliphatic rings. The van der Waals surface area contributed by atoms with E-state index < -0.39 is 0 Å². The fourth-order valence-electron chi connectivity index (χ4n) is 2.63. The highest BCUT2D eigenvalue weighted by molar-refractivity contribution is 7.99. The molecular formula is C19H17N5S. The lowest BCUT2D eigenvalue weighted by Crippen LogP contribution is -1.98. The molecule has 2 heterocycles. The predicted molar refractivity (Wildman–Crippen MR) is 99.9 cm³/mol. The summed E-state index contributed by atoms with van der Waals surface area (Å²) in [5.41, 5.74) is 4.86. The van der Waals surface area contributed by atoms with E-state index in [4.69, 9.17) is 0 Å². The first kappa shape index (κ1) is 15.8. The Kier molecular flexibility index (Phi) is 4.19. The summed E-state index contributed by atoms with van der Waals surface area (Å²) in [5.74, 6) is 0. The van der Waals surface area contributed by atoms with Gasteiger partial charge in [-0.15, -0.1) is 5.10 Å². The molecule has 4 rings (SSSR count). The molecule has 25 heavy (non-hydrogen) atoms. The summed E-state index contributed by atoms with van der Waals surface area (Å²) < 4.78 is 1.76. The molecule has 0 fully saturated rings. The fourth-order valence-corrected chi connectivity index (χ4v) is 3.61. The van der Waals surface area contributed by atoms with Crippen molar-refractivity contribution >= 4 is 22.9 Å². The Bertz CT molecular complexity index is 995. The SMILES string of the molecule is Cc1ccc(-n2nnc3c(S[C@H](C)c4ccccc4)ncnc32)cc1. The van der Waals surface area contributed by atoms with Crippen molar-refractivity contribution in [3.8, 4) is 5.69 Å². The van der Waals surface area contributed by atoms with Crippen molar-refractivity contribution in [1.29, 1.82) is 0 Å². The van der Waals surface area contributed by atoms with Crippen molar-refractivity contribution < 1.29 is 0 Å². The van der Waals surface area contributed by atoms with E-state index in [1.807, 2.05) is 18.2 Å². The minimum atomic E-state index is 0.267. The Morgan fingerprint density at radius 3 is 2.48 bits per heavy atom. The standard InChI is InChI=1S/C19H17N5S/c1-13-8-10-16(11-9-13)24-18-17(22-23-24)19(21-12-20-18)25-14(2)15-6-4-3-5-7-15/h3-12,14H,1-2H3/t14-/m1/s1. The second kappa shape index (κ2) is 6.64.